The van der Waals surface area contributed by atoms with E-state index in [0.717, 1.165) is 0 Å². The zero-order chi connectivity index (χ0) is 22.0. The zero-order valence-electron chi connectivity index (χ0n) is 17.0. The smallest absolute Gasteiger partial charge is 0.297 e. The lowest BCUT2D eigenvalue weighted by atomic mass is 9.86. The molecule has 2 unspecified atom stereocenters. The molecule has 4 rings (SSSR count). The number of hydrogen-bond acceptors (Lipinski definition) is 7. The van der Waals surface area contributed by atoms with Crippen molar-refractivity contribution < 1.29 is 23.9 Å². The molecule has 2 heterocycles. The summed E-state index contributed by atoms with van der Waals surface area (Å²) in [5.74, 6) is -1.81. The normalized spacial score (nSPS) is 18.3. The van der Waals surface area contributed by atoms with E-state index in [2.05, 4.69) is 4.98 Å². The van der Waals surface area contributed by atoms with Crippen molar-refractivity contribution >= 4 is 33.9 Å². The number of carbonyl (C=O) groups is 3. The van der Waals surface area contributed by atoms with Crippen LogP contribution in [-0.4, -0.2) is 36.2 Å². The van der Waals surface area contributed by atoms with Gasteiger partial charge in [-0.05, 0) is 48.9 Å². The van der Waals surface area contributed by atoms with E-state index in [0.29, 0.717) is 34.4 Å². The number of thiazole rings is 1. The number of methoxy groups -OCH3 is 1. The van der Waals surface area contributed by atoms with Gasteiger partial charge in [-0.2, -0.15) is 0 Å². The van der Waals surface area contributed by atoms with E-state index in [9.17, 15) is 14.4 Å². The van der Waals surface area contributed by atoms with Crippen LogP contribution in [0, 0.1) is 5.92 Å². The van der Waals surface area contributed by atoms with Crippen LogP contribution >= 0.6 is 11.3 Å². The Bertz CT molecular complexity index is 1090. The van der Waals surface area contributed by atoms with Gasteiger partial charge in [0.2, 0.25) is 5.78 Å². The number of benzene rings is 2. The number of aromatic nitrogens is 1. The lowest BCUT2D eigenvalue weighted by Crippen LogP contribution is -2.30. The first kappa shape index (κ1) is 20.7. The number of Topliss-reactive ketones (excluding diaryl/α,β-unsaturated/α-hetero) is 2. The van der Waals surface area contributed by atoms with Crippen LogP contribution in [0.2, 0.25) is 0 Å². The van der Waals surface area contributed by atoms with E-state index in [4.69, 9.17) is 9.47 Å². The highest BCUT2D eigenvalue weighted by atomic mass is 32.1. The molecule has 1 amide bonds. The molecule has 8 heteroatoms. The molecular formula is C23H20N2O5S. The Balaban J connectivity index is 1.76. The Hall–Kier alpha value is -3.52. The molecule has 7 nitrogen and oxygen atoms in total. The van der Waals surface area contributed by atoms with Gasteiger partial charge in [-0.3, -0.25) is 19.3 Å². The van der Waals surface area contributed by atoms with Crippen LogP contribution in [0.1, 0.15) is 28.9 Å². The molecule has 1 saturated heterocycles. The minimum absolute atomic E-state index is 0.342. The van der Waals surface area contributed by atoms with Crippen molar-refractivity contribution in [2.45, 2.75) is 13.0 Å². The van der Waals surface area contributed by atoms with Crippen LogP contribution in [0.5, 0.6) is 11.5 Å². The van der Waals surface area contributed by atoms with Gasteiger partial charge in [-0.1, -0.05) is 12.1 Å². The van der Waals surface area contributed by atoms with E-state index < -0.39 is 29.4 Å². The Kier molecular flexibility index (Phi) is 5.81. The molecule has 3 aromatic rings. The van der Waals surface area contributed by atoms with E-state index in [1.165, 1.54) is 16.2 Å². The molecule has 0 radical (unpaired) electrons. The fourth-order valence-electron chi connectivity index (χ4n) is 3.68. The van der Waals surface area contributed by atoms with Gasteiger partial charge in [-0.15, -0.1) is 11.3 Å². The van der Waals surface area contributed by atoms with Crippen molar-refractivity contribution in [2.24, 2.45) is 5.92 Å². The summed E-state index contributed by atoms with van der Waals surface area (Å²) >= 11 is 1.24. The van der Waals surface area contributed by atoms with Crippen molar-refractivity contribution in [3.05, 3.63) is 71.2 Å². The summed E-state index contributed by atoms with van der Waals surface area (Å²) in [7, 11) is 1.55. The van der Waals surface area contributed by atoms with Gasteiger partial charge in [0.05, 0.1) is 19.8 Å². The van der Waals surface area contributed by atoms with Crippen LogP contribution in [0.15, 0.2) is 60.1 Å². The van der Waals surface area contributed by atoms with E-state index in [1.807, 2.05) is 6.92 Å². The number of carbonyl (C=O) groups excluding carboxylic acids is 3. The molecule has 2 aromatic carbocycles. The number of nitrogens with zero attached hydrogens (tertiary/aromatic N) is 2. The lowest BCUT2D eigenvalue weighted by Gasteiger charge is -2.25. The summed E-state index contributed by atoms with van der Waals surface area (Å²) in [6.07, 6.45) is 1.56. The summed E-state index contributed by atoms with van der Waals surface area (Å²) in [4.78, 5) is 44.9. The highest BCUT2D eigenvalue weighted by molar-refractivity contribution is 7.14. The number of anilines is 1. The van der Waals surface area contributed by atoms with Crippen LogP contribution in [0.3, 0.4) is 0 Å². The summed E-state index contributed by atoms with van der Waals surface area (Å²) in [6, 6.07) is 12.8. The topological polar surface area (TPSA) is 85.8 Å². The fraction of sp³-hybridized carbons (Fsp3) is 0.217. The lowest BCUT2D eigenvalue weighted by molar-refractivity contribution is -0.135. The Morgan fingerprint density at radius 2 is 1.74 bits per heavy atom. The van der Waals surface area contributed by atoms with Crippen molar-refractivity contribution in [2.75, 3.05) is 18.6 Å². The number of amides is 1. The molecule has 1 aliphatic heterocycles. The number of rotatable bonds is 7. The molecule has 0 bridgehead atoms. The van der Waals surface area contributed by atoms with Gasteiger partial charge in [0, 0.05) is 17.1 Å². The van der Waals surface area contributed by atoms with Crippen molar-refractivity contribution in [3.8, 4) is 11.5 Å². The van der Waals surface area contributed by atoms with Crippen LogP contribution < -0.4 is 14.4 Å². The van der Waals surface area contributed by atoms with E-state index in [1.54, 1.807) is 67.2 Å². The molecule has 158 valence electrons. The molecule has 0 aliphatic carbocycles. The van der Waals surface area contributed by atoms with Gasteiger partial charge in [0.25, 0.3) is 5.91 Å². The largest absolute Gasteiger partial charge is 0.497 e. The molecule has 1 aliphatic rings. The minimum atomic E-state index is -1.18. The second-order valence-corrected chi connectivity index (χ2v) is 7.74. The Morgan fingerprint density at radius 3 is 2.32 bits per heavy atom. The Morgan fingerprint density at radius 1 is 1.06 bits per heavy atom. The summed E-state index contributed by atoms with van der Waals surface area (Å²) < 4.78 is 10.6. The van der Waals surface area contributed by atoms with Crippen LogP contribution in [-0.2, 0) is 9.59 Å². The monoisotopic (exact) mass is 436 g/mol. The third-order valence-electron chi connectivity index (χ3n) is 5.12. The zero-order valence-corrected chi connectivity index (χ0v) is 17.8. The van der Waals surface area contributed by atoms with Gasteiger partial charge in [0.15, 0.2) is 10.9 Å². The van der Waals surface area contributed by atoms with Gasteiger partial charge in [-0.25, -0.2) is 4.98 Å². The number of ketones is 2. The fourth-order valence-corrected chi connectivity index (χ4v) is 4.35. The number of hydrogen-bond donors (Lipinski definition) is 0. The second kappa shape index (κ2) is 8.69. The average molecular weight is 436 g/mol. The summed E-state index contributed by atoms with van der Waals surface area (Å²) in [5.41, 5.74) is 0.994. The van der Waals surface area contributed by atoms with Gasteiger partial charge >= 0.3 is 0 Å². The molecule has 0 N–H and O–H groups in total. The molecule has 0 saturated carbocycles. The number of ether oxygens (including phenoxy) is 2. The maximum absolute atomic E-state index is 13.4. The predicted molar refractivity (Wildman–Crippen MR) is 116 cm³/mol. The molecule has 1 fully saturated rings. The summed E-state index contributed by atoms with van der Waals surface area (Å²) in [5, 5.41) is 2.10. The molecular weight excluding hydrogens is 416 g/mol. The van der Waals surface area contributed by atoms with Crippen LogP contribution in [0.4, 0.5) is 5.13 Å². The molecule has 0 spiro atoms. The first-order valence-electron chi connectivity index (χ1n) is 9.73. The van der Waals surface area contributed by atoms with E-state index >= 15 is 0 Å². The van der Waals surface area contributed by atoms with E-state index in [-0.39, 0.29) is 0 Å². The highest BCUT2D eigenvalue weighted by Crippen LogP contribution is 2.42. The predicted octanol–water partition coefficient (Wildman–Crippen LogP) is 3.71. The summed E-state index contributed by atoms with van der Waals surface area (Å²) in [6.45, 7) is 2.37. The minimum Gasteiger partial charge on any atom is -0.497 e. The van der Waals surface area contributed by atoms with Crippen molar-refractivity contribution in [1.29, 1.82) is 0 Å². The molecule has 1 aromatic heterocycles. The SMILES string of the molecule is CCOc1ccc(C(=O)C2C(=O)C(=O)N(c3nccs3)C2c2ccc(OC)cc2)cc1. The molecule has 2 atom stereocenters. The van der Waals surface area contributed by atoms with Crippen molar-refractivity contribution in [3.63, 3.8) is 0 Å². The van der Waals surface area contributed by atoms with Crippen LogP contribution in [0.25, 0.3) is 0 Å². The average Bonchev–Trinajstić information content (AvgIpc) is 3.41. The highest BCUT2D eigenvalue weighted by Gasteiger charge is 2.53. The standard InChI is InChI=1S/C23H20N2O5S/c1-3-30-17-10-6-15(7-11-17)20(26)18-19(14-4-8-16(29-2)9-5-14)25(22(28)21(18)27)23-24-12-13-31-23/h4-13,18-19H,3H2,1-2H3. The first-order valence-corrected chi connectivity index (χ1v) is 10.6. The third kappa shape index (κ3) is 3.82. The maximum atomic E-state index is 13.4. The Labute approximate surface area is 183 Å². The first-order chi connectivity index (χ1) is 15.0. The third-order valence-corrected chi connectivity index (χ3v) is 5.89. The maximum Gasteiger partial charge on any atom is 0.297 e. The van der Waals surface area contributed by atoms with Gasteiger partial charge < -0.3 is 9.47 Å². The second-order valence-electron chi connectivity index (χ2n) is 6.87. The quantitative estimate of drug-likeness (QED) is 0.319. The molecule has 31 heavy (non-hydrogen) atoms. The van der Waals surface area contributed by atoms with Crippen molar-refractivity contribution in [1.82, 2.24) is 4.98 Å². The van der Waals surface area contributed by atoms with Gasteiger partial charge in [0.1, 0.15) is 17.4 Å².